The molecule has 1 amide bonds. The second-order valence-electron chi connectivity index (χ2n) is 6.85. The van der Waals surface area contributed by atoms with Gasteiger partial charge in [-0.15, -0.1) is 0 Å². The van der Waals surface area contributed by atoms with Gasteiger partial charge in [0.15, 0.2) is 0 Å². The molecule has 2 rings (SSSR count). The molecule has 1 aliphatic carbocycles. The summed E-state index contributed by atoms with van der Waals surface area (Å²) in [6.45, 7) is 5.46. The SMILES string of the molecule is CC(C)(C)[C@@H](NC(=O)C1CCc2ccccc2C1)C(=O)O. The predicted octanol–water partition coefficient (Wildman–Crippen LogP) is 2.41. The van der Waals surface area contributed by atoms with Crippen LogP contribution in [0.25, 0.3) is 0 Å². The summed E-state index contributed by atoms with van der Waals surface area (Å²) in [4.78, 5) is 23.7. The summed E-state index contributed by atoms with van der Waals surface area (Å²) in [6, 6.07) is 7.28. The van der Waals surface area contributed by atoms with Gasteiger partial charge < -0.3 is 10.4 Å². The van der Waals surface area contributed by atoms with Gasteiger partial charge in [-0.1, -0.05) is 45.0 Å². The molecule has 1 unspecified atom stereocenters. The van der Waals surface area contributed by atoms with Gasteiger partial charge in [-0.2, -0.15) is 0 Å². The Balaban J connectivity index is 2.06. The molecule has 2 N–H and O–H groups in total. The lowest BCUT2D eigenvalue weighted by molar-refractivity contribution is -0.145. The highest BCUT2D eigenvalue weighted by molar-refractivity contribution is 5.85. The molecule has 0 fully saturated rings. The fraction of sp³-hybridized carbons (Fsp3) is 0.529. The van der Waals surface area contributed by atoms with Gasteiger partial charge in [0.05, 0.1) is 0 Å². The zero-order valence-corrected chi connectivity index (χ0v) is 12.8. The van der Waals surface area contributed by atoms with E-state index in [1.165, 1.54) is 11.1 Å². The molecule has 0 aromatic heterocycles. The van der Waals surface area contributed by atoms with Crippen LogP contribution >= 0.6 is 0 Å². The number of carboxylic acids is 1. The molecule has 114 valence electrons. The van der Waals surface area contributed by atoms with Gasteiger partial charge in [-0.3, -0.25) is 4.79 Å². The first kappa shape index (κ1) is 15.5. The first-order chi connectivity index (χ1) is 9.79. The van der Waals surface area contributed by atoms with E-state index in [0.717, 1.165) is 12.8 Å². The molecule has 21 heavy (non-hydrogen) atoms. The fourth-order valence-electron chi connectivity index (χ4n) is 2.83. The van der Waals surface area contributed by atoms with Crippen LogP contribution in [0.15, 0.2) is 24.3 Å². The Labute approximate surface area is 125 Å². The van der Waals surface area contributed by atoms with E-state index in [4.69, 9.17) is 0 Å². The first-order valence-electron chi connectivity index (χ1n) is 7.39. The van der Waals surface area contributed by atoms with Crippen LogP contribution in [0.4, 0.5) is 0 Å². The quantitative estimate of drug-likeness (QED) is 0.898. The van der Waals surface area contributed by atoms with E-state index in [9.17, 15) is 14.7 Å². The van der Waals surface area contributed by atoms with Crippen molar-refractivity contribution in [3.8, 4) is 0 Å². The lowest BCUT2D eigenvalue weighted by Gasteiger charge is -2.30. The molecule has 0 heterocycles. The summed E-state index contributed by atoms with van der Waals surface area (Å²) in [5.41, 5.74) is 1.99. The van der Waals surface area contributed by atoms with Crippen molar-refractivity contribution >= 4 is 11.9 Å². The van der Waals surface area contributed by atoms with Gasteiger partial charge >= 0.3 is 5.97 Å². The van der Waals surface area contributed by atoms with Crippen LogP contribution in [0.5, 0.6) is 0 Å². The van der Waals surface area contributed by atoms with Crippen LogP contribution in [0.2, 0.25) is 0 Å². The molecule has 0 aliphatic heterocycles. The summed E-state index contributed by atoms with van der Waals surface area (Å²) in [5.74, 6) is -1.26. The topological polar surface area (TPSA) is 66.4 Å². The molecule has 0 saturated carbocycles. The number of amides is 1. The van der Waals surface area contributed by atoms with Gasteiger partial charge in [0.2, 0.25) is 5.91 Å². The van der Waals surface area contributed by atoms with Crippen LogP contribution < -0.4 is 5.32 Å². The summed E-state index contributed by atoms with van der Waals surface area (Å²) in [6.07, 6.45) is 2.35. The standard InChI is InChI=1S/C17H23NO3/c1-17(2,3)14(16(20)21)18-15(19)13-9-8-11-6-4-5-7-12(11)10-13/h4-7,13-14H,8-10H2,1-3H3,(H,18,19)(H,20,21)/t13?,14-/m0/s1. The number of aliphatic carboxylic acids is 1. The maximum absolute atomic E-state index is 12.4. The van der Waals surface area contributed by atoms with Crippen LogP contribution in [0.1, 0.15) is 38.3 Å². The average molecular weight is 289 g/mol. The summed E-state index contributed by atoms with van der Waals surface area (Å²) in [7, 11) is 0. The van der Waals surface area contributed by atoms with Crippen molar-refractivity contribution in [1.82, 2.24) is 5.32 Å². The zero-order chi connectivity index (χ0) is 15.6. The number of carboxylic acid groups (broad SMARTS) is 1. The molecule has 4 nitrogen and oxygen atoms in total. The third-order valence-corrected chi connectivity index (χ3v) is 4.12. The number of rotatable bonds is 3. The van der Waals surface area contributed by atoms with Gasteiger partial charge in [-0.25, -0.2) is 4.79 Å². The Morgan fingerprint density at radius 2 is 1.86 bits per heavy atom. The monoisotopic (exact) mass is 289 g/mol. The Hall–Kier alpha value is -1.84. The summed E-state index contributed by atoms with van der Waals surface area (Å²) in [5, 5.41) is 12.0. The number of hydrogen-bond acceptors (Lipinski definition) is 2. The van der Waals surface area contributed by atoms with E-state index in [1.54, 1.807) is 0 Å². The number of fused-ring (bicyclic) bond motifs is 1. The van der Waals surface area contributed by atoms with Crippen LogP contribution in [0, 0.1) is 11.3 Å². The van der Waals surface area contributed by atoms with Gasteiger partial charge in [-0.05, 0) is 35.8 Å². The molecule has 0 radical (unpaired) electrons. The van der Waals surface area contributed by atoms with Gasteiger partial charge in [0.1, 0.15) is 6.04 Å². The molecule has 0 bridgehead atoms. The number of carbonyl (C=O) groups is 2. The van der Waals surface area contributed by atoms with Crippen LogP contribution in [0.3, 0.4) is 0 Å². The number of aryl methyl sites for hydroxylation is 1. The Bertz CT molecular complexity index is 545. The predicted molar refractivity (Wildman–Crippen MR) is 81.0 cm³/mol. The van der Waals surface area contributed by atoms with Crippen molar-refractivity contribution < 1.29 is 14.7 Å². The maximum atomic E-state index is 12.4. The van der Waals surface area contributed by atoms with Crippen molar-refractivity contribution in [2.24, 2.45) is 11.3 Å². The smallest absolute Gasteiger partial charge is 0.326 e. The lowest BCUT2D eigenvalue weighted by atomic mass is 9.82. The van der Waals surface area contributed by atoms with Crippen LogP contribution in [-0.4, -0.2) is 23.0 Å². The molecule has 4 heteroatoms. The van der Waals surface area contributed by atoms with Crippen molar-refractivity contribution in [2.45, 2.75) is 46.1 Å². The van der Waals surface area contributed by atoms with E-state index in [0.29, 0.717) is 6.42 Å². The number of benzene rings is 1. The summed E-state index contributed by atoms with van der Waals surface area (Å²) >= 11 is 0. The minimum atomic E-state index is -0.980. The van der Waals surface area contributed by atoms with E-state index in [1.807, 2.05) is 39.0 Å². The lowest BCUT2D eigenvalue weighted by Crippen LogP contribution is -2.51. The minimum Gasteiger partial charge on any atom is -0.480 e. The third kappa shape index (κ3) is 3.63. The van der Waals surface area contributed by atoms with Crippen LogP contribution in [-0.2, 0) is 22.4 Å². The normalized spacial score (nSPS) is 19.5. The van der Waals surface area contributed by atoms with Crippen molar-refractivity contribution in [3.63, 3.8) is 0 Å². The zero-order valence-electron chi connectivity index (χ0n) is 12.8. The largest absolute Gasteiger partial charge is 0.480 e. The van der Waals surface area contributed by atoms with E-state index >= 15 is 0 Å². The Morgan fingerprint density at radius 3 is 2.43 bits per heavy atom. The highest BCUT2D eigenvalue weighted by atomic mass is 16.4. The first-order valence-corrected chi connectivity index (χ1v) is 7.39. The molecule has 1 aliphatic rings. The highest BCUT2D eigenvalue weighted by Crippen LogP contribution is 2.26. The second-order valence-corrected chi connectivity index (χ2v) is 6.85. The van der Waals surface area contributed by atoms with E-state index < -0.39 is 17.4 Å². The molecular formula is C17H23NO3. The van der Waals surface area contributed by atoms with Gasteiger partial charge in [0.25, 0.3) is 0 Å². The highest BCUT2D eigenvalue weighted by Gasteiger charge is 2.35. The van der Waals surface area contributed by atoms with Crippen molar-refractivity contribution in [2.75, 3.05) is 0 Å². The molecule has 2 atom stereocenters. The van der Waals surface area contributed by atoms with Crippen molar-refractivity contribution in [3.05, 3.63) is 35.4 Å². The van der Waals surface area contributed by atoms with Crippen molar-refractivity contribution in [1.29, 1.82) is 0 Å². The average Bonchev–Trinajstić information content (AvgIpc) is 2.42. The fourth-order valence-corrected chi connectivity index (χ4v) is 2.83. The molecule has 0 saturated heterocycles. The van der Waals surface area contributed by atoms with Gasteiger partial charge in [0, 0.05) is 5.92 Å². The molecule has 1 aromatic rings. The molecule has 0 spiro atoms. The Morgan fingerprint density at radius 1 is 1.24 bits per heavy atom. The molecule has 1 aromatic carbocycles. The van der Waals surface area contributed by atoms with E-state index in [-0.39, 0.29) is 11.8 Å². The number of hydrogen-bond donors (Lipinski definition) is 2. The minimum absolute atomic E-state index is 0.135. The maximum Gasteiger partial charge on any atom is 0.326 e. The number of nitrogens with one attached hydrogen (secondary N) is 1. The third-order valence-electron chi connectivity index (χ3n) is 4.12. The second kappa shape index (κ2) is 5.88. The molecular weight excluding hydrogens is 266 g/mol. The summed E-state index contributed by atoms with van der Waals surface area (Å²) < 4.78 is 0. The Kier molecular flexibility index (Phi) is 4.35. The van der Waals surface area contributed by atoms with E-state index in [2.05, 4.69) is 11.4 Å². The number of carbonyl (C=O) groups excluding carboxylic acids is 1.